The van der Waals surface area contributed by atoms with Crippen LogP contribution in [0.3, 0.4) is 0 Å². The molecule has 1 amide bonds. The van der Waals surface area contributed by atoms with E-state index >= 15 is 0 Å². The Morgan fingerprint density at radius 3 is 2.57 bits per heavy atom. The Morgan fingerprint density at radius 1 is 1.38 bits per heavy atom. The summed E-state index contributed by atoms with van der Waals surface area (Å²) in [6, 6.07) is 1.52. The van der Waals surface area contributed by atoms with Gasteiger partial charge in [-0.2, -0.15) is 0 Å². The summed E-state index contributed by atoms with van der Waals surface area (Å²) in [5, 5.41) is 3.68. The quantitative estimate of drug-likeness (QED) is 0.842. The number of rotatable bonds is 2. The van der Waals surface area contributed by atoms with Crippen molar-refractivity contribution in [1.82, 2.24) is 14.9 Å². The molecule has 1 fully saturated rings. The Bertz CT molecular complexity index is 513. The molecule has 8 heteroatoms. The molecule has 1 aliphatic rings. The number of likely N-dealkylation sites (tertiary alicyclic amines) is 1. The van der Waals surface area contributed by atoms with E-state index < -0.39 is 5.60 Å². The summed E-state index contributed by atoms with van der Waals surface area (Å²) >= 11 is 11.7. The number of carbonyl (C=O) groups excluding carboxylic acids is 1. The van der Waals surface area contributed by atoms with Crippen LogP contribution in [0.15, 0.2) is 6.07 Å². The van der Waals surface area contributed by atoms with E-state index in [0.29, 0.717) is 19.0 Å². The lowest BCUT2D eigenvalue weighted by atomic mass is 10.2. The van der Waals surface area contributed by atoms with E-state index in [4.69, 9.17) is 27.9 Å². The number of halogens is 2. The van der Waals surface area contributed by atoms with Gasteiger partial charge in [0.2, 0.25) is 5.95 Å². The maximum Gasteiger partial charge on any atom is 0.410 e. The van der Waals surface area contributed by atoms with E-state index in [1.54, 1.807) is 4.90 Å². The SMILES string of the molecule is CC(C)(C)OC(=O)N1CCC(Nc2nc(Cl)cc(Cl)n2)C1. The van der Waals surface area contributed by atoms with E-state index in [-0.39, 0.29) is 22.4 Å². The fraction of sp³-hybridized carbons (Fsp3) is 0.615. The molecule has 0 aliphatic carbocycles. The minimum Gasteiger partial charge on any atom is -0.444 e. The van der Waals surface area contributed by atoms with E-state index in [2.05, 4.69) is 15.3 Å². The average molecular weight is 333 g/mol. The molecule has 0 spiro atoms. The van der Waals surface area contributed by atoms with Crippen molar-refractivity contribution in [1.29, 1.82) is 0 Å². The van der Waals surface area contributed by atoms with Crippen LogP contribution in [0.4, 0.5) is 10.7 Å². The summed E-state index contributed by atoms with van der Waals surface area (Å²) in [5.41, 5.74) is -0.494. The summed E-state index contributed by atoms with van der Waals surface area (Å²) in [6.07, 6.45) is 0.476. The van der Waals surface area contributed by atoms with Gasteiger partial charge in [0.05, 0.1) is 0 Å². The molecule has 1 atom stereocenters. The maximum absolute atomic E-state index is 12.0. The fourth-order valence-electron chi connectivity index (χ4n) is 2.01. The summed E-state index contributed by atoms with van der Waals surface area (Å²) in [4.78, 5) is 21.7. The maximum atomic E-state index is 12.0. The van der Waals surface area contributed by atoms with Crippen molar-refractivity contribution in [2.45, 2.75) is 38.8 Å². The summed E-state index contributed by atoms with van der Waals surface area (Å²) in [5.74, 6) is 0.364. The first-order chi connectivity index (χ1) is 9.73. The largest absolute Gasteiger partial charge is 0.444 e. The third-order valence-corrected chi connectivity index (χ3v) is 3.22. The summed E-state index contributed by atoms with van der Waals surface area (Å²) in [7, 11) is 0. The zero-order chi connectivity index (χ0) is 15.6. The minimum atomic E-state index is -0.494. The van der Waals surface area contributed by atoms with Crippen molar-refractivity contribution in [3.05, 3.63) is 16.4 Å². The highest BCUT2D eigenvalue weighted by atomic mass is 35.5. The Hall–Kier alpha value is -1.27. The number of ether oxygens (including phenoxy) is 1. The molecule has 0 saturated carbocycles. The number of carbonyl (C=O) groups is 1. The van der Waals surface area contributed by atoms with Gasteiger partial charge in [0, 0.05) is 25.2 Å². The second-order valence-corrected chi connectivity index (χ2v) is 6.67. The Kier molecular flexibility index (Phi) is 4.78. The van der Waals surface area contributed by atoms with Gasteiger partial charge in [-0.05, 0) is 27.2 Å². The van der Waals surface area contributed by atoms with Crippen LogP contribution in [-0.2, 0) is 4.74 Å². The van der Waals surface area contributed by atoms with Gasteiger partial charge in [-0.25, -0.2) is 14.8 Å². The lowest BCUT2D eigenvalue weighted by molar-refractivity contribution is 0.0293. The third-order valence-electron chi connectivity index (χ3n) is 2.84. The highest BCUT2D eigenvalue weighted by Crippen LogP contribution is 2.19. The van der Waals surface area contributed by atoms with Gasteiger partial charge in [-0.15, -0.1) is 0 Å². The molecule has 1 aromatic heterocycles. The van der Waals surface area contributed by atoms with Gasteiger partial charge in [-0.1, -0.05) is 23.2 Å². The van der Waals surface area contributed by atoms with Gasteiger partial charge in [0.15, 0.2) is 0 Å². The molecule has 0 aromatic carbocycles. The number of nitrogens with one attached hydrogen (secondary N) is 1. The van der Waals surface area contributed by atoms with Crippen molar-refractivity contribution in [2.24, 2.45) is 0 Å². The van der Waals surface area contributed by atoms with Crippen molar-refractivity contribution in [2.75, 3.05) is 18.4 Å². The number of hydrogen-bond donors (Lipinski definition) is 1. The van der Waals surface area contributed by atoms with Crippen LogP contribution < -0.4 is 5.32 Å². The van der Waals surface area contributed by atoms with Gasteiger partial charge < -0.3 is 15.0 Å². The normalized spacial score (nSPS) is 18.7. The van der Waals surface area contributed by atoms with E-state index in [1.165, 1.54) is 6.07 Å². The predicted molar refractivity (Wildman–Crippen MR) is 81.9 cm³/mol. The zero-order valence-corrected chi connectivity index (χ0v) is 13.7. The summed E-state index contributed by atoms with van der Waals surface area (Å²) in [6.45, 7) is 6.69. The van der Waals surface area contributed by atoms with E-state index in [9.17, 15) is 4.79 Å². The topological polar surface area (TPSA) is 67.3 Å². The van der Waals surface area contributed by atoms with Gasteiger partial charge in [0.25, 0.3) is 0 Å². The Labute approximate surface area is 133 Å². The lowest BCUT2D eigenvalue weighted by Crippen LogP contribution is -2.36. The van der Waals surface area contributed by atoms with E-state index in [1.807, 2.05) is 20.8 Å². The second kappa shape index (κ2) is 6.23. The van der Waals surface area contributed by atoms with E-state index in [0.717, 1.165) is 6.42 Å². The Morgan fingerprint density at radius 2 is 2.00 bits per heavy atom. The third kappa shape index (κ3) is 4.89. The molecular weight excluding hydrogens is 315 g/mol. The number of nitrogens with zero attached hydrogens (tertiary/aromatic N) is 3. The molecule has 1 N–H and O–H groups in total. The fourth-order valence-corrected chi connectivity index (χ4v) is 2.43. The molecule has 2 heterocycles. The molecule has 1 unspecified atom stereocenters. The second-order valence-electron chi connectivity index (χ2n) is 5.89. The molecular formula is C13H18Cl2N4O2. The highest BCUT2D eigenvalue weighted by molar-refractivity contribution is 6.33. The van der Waals surface area contributed by atoms with Crippen molar-refractivity contribution in [3.8, 4) is 0 Å². The monoisotopic (exact) mass is 332 g/mol. The highest BCUT2D eigenvalue weighted by Gasteiger charge is 2.30. The molecule has 2 rings (SSSR count). The number of amides is 1. The minimum absolute atomic E-state index is 0.0482. The molecule has 0 bridgehead atoms. The smallest absolute Gasteiger partial charge is 0.410 e. The molecule has 1 saturated heterocycles. The van der Waals surface area contributed by atoms with Crippen LogP contribution in [0.1, 0.15) is 27.2 Å². The number of hydrogen-bond acceptors (Lipinski definition) is 5. The van der Waals surface area contributed by atoms with Crippen molar-refractivity contribution in [3.63, 3.8) is 0 Å². The average Bonchev–Trinajstić information content (AvgIpc) is 2.73. The van der Waals surface area contributed by atoms with Gasteiger partial charge in [0.1, 0.15) is 15.9 Å². The first-order valence-corrected chi connectivity index (χ1v) is 7.43. The first-order valence-electron chi connectivity index (χ1n) is 6.67. The predicted octanol–water partition coefficient (Wildman–Crippen LogP) is 3.20. The number of aromatic nitrogens is 2. The molecule has 6 nitrogen and oxygen atoms in total. The Balaban J connectivity index is 1.92. The van der Waals surface area contributed by atoms with Crippen LogP contribution in [0.5, 0.6) is 0 Å². The molecule has 21 heavy (non-hydrogen) atoms. The van der Waals surface area contributed by atoms with Gasteiger partial charge in [-0.3, -0.25) is 0 Å². The molecule has 1 aromatic rings. The lowest BCUT2D eigenvalue weighted by Gasteiger charge is -2.24. The van der Waals surface area contributed by atoms with Crippen LogP contribution in [0, 0.1) is 0 Å². The van der Waals surface area contributed by atoms with Crippen LogP contribution in [0.2, 0.25) is 10.3 Å². The molecule has 1 aliphatic heterocycles. The van der Waals surface area contributed by atoms with Gasteiger partial charge >= 0.3 is 6.09 Å². The standard InChI is InChI=1S/C13H18Cl2N4O2/c1-13(2,3)21-12(20)19-5-4-8(7-19)16-11-17-9(14)6-10(15)18-11/h6,8H,4-5,7H2,1-3H3,(H,16,17,18). The molecule has 116 valence electrons. The zero-order valence-electron chi connectivity index (χ0n) is 12.2. The van der Waals surface area contributed by atoms with Crippen LogP contribution in [0.25, 0.3) is 0 Å². The van der Waals surface area contributed by atoms with Crippen molar-refractivity contribution >= 4 is 35.2 Å². The summed E-state index contributed by atoms with van der Waals surface area (Å²) < 4.78 is 5.34. The van der Waals surface area contributed by atoms with Crippen LogP contribution in [-0.4, -0.2) is 45.7 Å². The van der Waals surface area contributed by atoms with Crippen LogP contribution >= 0.6 is 23.2 Å². The first kappa shape index (κ1) is 16.1. The number of anilines is 1. The molecule has 0 radical (unpaired) electrons. The van der Waals surface area contributed by atoms with Crippen molar-refractivity contribution < 1.29 is 9.53 Å².